The van der Waals surface area contributed by atoms with Gasteiger partial charge >= 0.3 is 0 Å². The lowest BCUT2D eigenvalue weighted by Gasteiger charge is -2.27. The predicted octanol–water partition coefficient (Wildman–Crippen LogP) is 6.12. The minimum absolute atomic E-state index is 0.0521. The third-order valence-electron chi connectivity index (χ3n) is 6.59. The Kier molecular flexibility index (Phi) is 8.02. The van der Waals surface area contributed by atoms with Gasteiger partial charge in [0, 0.05) is 17.2 Å². The van der Waals surface area contributed by atoms with Crippen LogP contribution in [0.5, 0.6) is 5.88 Å². The van der Waals surface area contributed by atoms with E-state index in [4.69, 9.17) is 4.74 Å². The molecule has 1 aromatic heterocycles. The molecule has 2 heterocycles. The van der Waals surface area contributed by atoms with Crippen molar-refractivity contribution in [1.82, 2.24) is 15.3 Å². The van der Waals surface area contributed by atoms with E-state index in [1.54, 1.807) is 18.2 Å². The number of sulfonamides is 1. The number of hydrogen-bond acceptors (Lipinski definition) is 6. The molecule has 0 aliphatic carbocycles. The van der Waals surface area contributed by atoms with E-state index in [0.29, 0.717) is 12.1 Å². The summed E-state index contributed by atoms with van der Waals surface area (Å²) in [5.41, 5.74) is 3.88. The van der Waals surface area contributed by atoms with Gasteiger partial charge in [0.05, 0.1) is 16.6 Å². The molecule has 0 radical (unpaired) electrons. The van der Waals surface area contributed by atoms with Gasteiger partial charge in [-0.3, -0.25) is 4.79 Å². The van der Waals surface area contributed by atoms with Crippen molar-refractivity contribution in [2.45, 2.75) is 77.7 Å². The Morgan fingerprint density at radius 1 is 0.974 bits per heavy atom. The molecule has 1 amide bonds. The van der Waals surface area contributed by atoms with E-state index in [2.05, 4.69) is 80.6 Å². The Hall–Kier alpha value is -3.46. The molecule has 4 rings (SSSR count). The van der Waals surface area contributed by atoms with Gasteiger partial charge in [-0.25, -0.2) is 18.1 Å². The highest BCUT2D eigenvalue weighted by Crippen LogP contribution is 2.37. The molecule has 0 saturated carbocycles. The molecule has 1 atom stereocenters. The molecule has 4 bridgehead atoms. The van der Waals surface area contributed by atoms with Crippen LogP contribution in [-0.4, -0.2) is 36.9 Å². The molecule has 0 saturated heterocycles. The fraction of sp³-hybridized carbons (Fsp3) is 0.433. The van der Waals surface area contributed by atoms with Crippen molar-refractivity contribution in [3.63, 3.8) is 0 Å². The monoisotopic (exact) mass is 550 g/mol. The topological polar surface area (TPSA) is 110 Å². The molecule has 1 aliphatic heterocycles. The Morgan fingerprint density at radius 2 is 1.62 bits per heavy atom. The minimum Gasteiger partial charge on any atom is -0.475 e. The lowest BCUT2D eigenvalue weighted by atomic mass is 9.87. The smallest absolute Gasteiger partial charge is 0.264 e. The van der Waals surface area contributed by atoms with Crippen LogP contribution in [0.2, 0.25) is 0 Å². The summed E-state index contributed by atoms with van der Waals surface area (Å²) in [5.74, 6) is 0.190. The third kappa shape index (κ3) is 6.76. The number of carbonyl (C=O) groups is 1. The summed E-state index contributed by atoms with van der Waals surface area (Å²) in [7, 11) is -4.09. The number of fused-ring (bicyclic) bond motifs is 4. The van der Waals surface area contributed by atoms with Gasteiger partial charge in [0.1, 0.15) is 6.61 Å². The van der Waals surface area contributed by atoms with Crippen LogP contribution >= 0.6 is 0 Å². The molecule has 2 N–H and O–H groups in total. The van der Waals surface area contributed by atoms with Crippen LogP contribution in [0.4, 0.5) is 5.95 Å². The largest absolute Gasteiger partial charge is 0.475 e. The average molecular weight is 551 g/mol. The summed E-state index contributed by atoms with van der Waals surface area (Å²) < 4.78 is 35.4. The minimum atomic E-state index is -4.09. The summed E-state index contributed by atoms with van der Waals surface area (Å²) in [5, 5.41) is 3.03. The highest BCUT2D eigenvalue weighted by atomic mass is 32.2. The molecule has 208 valence electrons. The Morgan fingerprint density at radius 3 is 2.23 bits per heavy atom. The maximum Gasteiger partial charge on any atom is 0.264 e. The van der Waals surface area contributed by atoms with E-state index in [9.17, 15) is 13.2 Å². The molecule has 39 heavy (non-hydrogen) atoms. The second kappa shape index (κ2) is 11.0. The highest BCUT2D eigenvalue weighted by Gasteiger charge is 2.26. The molecule has 3 aromatic rings. The molecule has 0 spiro atoms. The number of benzene rings is 2. The number of anilines is 1. The summed E-state index contributed by atoms with van der Waals surface area (Å²) in [6, 6.07) is 13.5. The van der Waals surface area contributed by atoms with E-state index >= 15 is 0 Å². The number of aromatic nitrogens is 2. The van der Waals surface area contributed by atoms with Crippen molar-refractivity contribution >= 4 is 21.9 Å². The van der Waals surface area contributed by atoms with Crippen molar-refractivity contribution in [2.75, 3.05) is 11.3 Å². The molecular weight excluding hydrogens is 512 g/mol. The first kappa shape index (κ1) is 28.5. The van der Waals surface area contributed by atoms with Gasteiger partial charge in [-0.1, -0.05) is 72.7 Å². The fourth-order valence-electron chi connectivity index (χ4n) is 4.85. The first-order valence-corrected chi connectivity index (χ1v) is 14.8. The maximum atomic E-state index is 13.4. The predicted molar refractivity (Wildman–Crippen MR) is 154 cm³/mol. The zero-order valence-corrected chi connectivity index (χ0v) is 24.5. The summed E-state index contributed by atoms with van der Waals surface area (Å²) in [6.45, 7) is 14.9. The number of amides is 1. The Labute approximate surface area is 231 Å². The van der Waals surface area contributed by atoms with Gasteiger partial charge in [0.2, 0.25) is 11.8 Å². The molecule has 9 heteroatoms. The molecular formula is C30H38N4O4S. The van der Waals surface area contributed by atoms with Gasteiger partial charge in [-0.05, 0) is 53.0 Å². The van der Waals surface area contributed by atoms with Crippen LogP contribution in [0, 0.1) is 5.41 Å². The Balaban J connectivity index is 1.91. The van der Waals surface area contributed by atoms with Crippen molar-refractivity contribution in [1.29, 1.82) is 0 Å². The first-order valence-electron chi connectivity index (χ1n) is 13.3. The van der Waals surface area contributed by atoms with E-state index < -0.39 is 10.0 Å². The van der Waals surface area contributed by atoms with Crippen molar-refractivity contribution in [3.8, 4) is 17.1 Å². The number of nitrogens with zero attached hydrogens (tertiary/aromatic N) is 2. The van der Waals surface area contributed by atoms with Crippen LogP contribution < -0.4 is 14.8 Å². The molecule has 2 aromatic carbocycles. The first-order chi connectivity index (χ1) is 18.2. The average Bonchev–Trinajstić information content (AvgIpc) is 2.85. The van der Waals surface area contributed by atoms with Crippen LogP contribution in [0.15, 0.2) is 53.4 Å². The zero-order valence-electron chi connectivity index (χ0n) is 23.7. The quantitative estimate of drug-likeness (QED) is 0.405. The molecule has 1 aliphatic rings. The van der Waals surface area contributed by atoms with Gasteiger partial charge < -0.3 is 10.1 Å². The van der Waals surface area contributed by atoms with Crippen LogP contribution in [0.1, 0.15) is 88.2 Å². The second-order valence-electron chi connectivity index (χ2n) is 11.9. The summed E-state index contributed by atoms with van der Waals surface area (Å²) in [4.78, 5) is 22.2. The van der Waals surface area contributed by atoms with Crippen LogP contribution in [0.25, 0.3) is 11.3 Å². The number of nitrogens with one attached hydrogen (secondary N) is 2. The van der Waals surface area contributed by atoms with Crippen molar-refractivity contribution in [2.24, 2.45) is 5.41 Å². The standard InChI is InChI=1S/C30H38N4O4S/c1-18(2)23-12-9-13-24(19(3)4)27(23)25-15-26-33-29(32-25)34-39(36,37)22-11-8-10-20(14-22)28(35)31-21(17-38-26)16-30(5,6)7/h8-15,18-19,21H,16-17H2,1-7H3,(H,31,35)(H,32,33,34)/t21-/m1/s1. The van der Waals surface area contributed by atoms with Crippen molar-refractivity contribution in [3.05, 3.63) is 65.2 Å². The fourth-order valence-corrected chi connectivity index (χ4v) is 5.84. The Bertz CT molecular complexity index is 1450. The van der Waals surface area contributed by atoms with E-state index in [1.165, 1.54) is 12.1 Å². The van der Waals surface area contributed by atoms with Crippen LogP contribution in [-0.2, 0) is 10.0 Å². The zero-order chi connectivity index (χ0) is 28.5. The normalized spacial score (nSPS) is 17.4. The second-order valence-corrected chi connectivity index (χ2v) is 13.6. The van der Waals surface area contributed by atoms with Gasteiger partial charge in [0.15, 0.2) is 0 Å². The number of carbonyl (C=O) groups excluding carboxylic acids is 1. The van der Waals surface area contributed by atoms with Crippen LogP contribution in [0.3, 0.4) is 0 Å². The van der Waals surface area contributed by atoms with Gasteiger partial charge in [-0.2, -0.15) is 4.98 Å². The molecule has 0 fully saturated rings. The molecule has 8 nitrogen and oxygen atoms in total. The lowest BCUT2D eigenvalue weighted by molar-refractivity contribution is 0.0903. The maximum absolute atomic E-state index is 13.4. The van der Waals surface area contributed by atoms with Gasteiger partial charge in [0.25, 0.3) is 15.9 Å². The van der Waals surface area contributed by atoms with Gasteiger partial charge in [-0.15, -0.1) is 0 Å². The lowest BCUT2D eigenvalue weighted by Crippen LogP contribution is -2.41. The van der Waals surface area contributed by atoms with Crippen molar-refractivity contribution < 1.29 is 17.9 Å². The third-order valence-corrected chi connectivity index (χ3v) is 7.92. The molecule has 0 unspecified atom stereocenters. The highest BCUT2D eigenvalue weighted by molar-refractivity contribution is 7.92. The van der Waals surface area contributed by atoms with E-state index in [-0.39, 0.29) is 58.1 Å². The van der Waals surface area contributed by atoms with E-state index in [0.717, 1.165) is 16.7 Å². The number of ether oxygens (including phenoxy) is 1. The SMILES string of the molecule is CC(C)c1cccc(C(C)C)c1-c1cc2nc(n1)NS(=O)(=O)c1cccc(c1)C(=O)N[C@H](CC(C)(C)C)CO2. The van der Waals surface area contributed by atoms with E-state index in [1.807, 2.05) is 6.07 Å². The summed E-state index contributed by atoms with van der Waals surface area (Å²) >= 11 is 0. The number of hydrogen-bond donors (Lipinski definition) is 2. The number of rotatable bonds is 4. The summed E-state index contributed by atoms with van der Waals surface area (Å²) in [6.07, 6.45) is 0.646.